The number of rotatable bonds is 15. The molecule has 3 heterocycles. The van der Waals surface area contributed by atoms with Gasteiger partial charge in [-0.15, -0.1) is 0 Å². The molecule has 1 unspecified atom stereocenters. The highest BCUT2D eigenvalue weighted by Gasteiger charge is 2.57. The molecular formula is C42H55N3O11Si. The smallest absolute Gasteiger partial charge is 0.337 e. The van der Waals surface area contributed by atoms with Crippen LogP contribution in [0.4, 0.5) is 0 Å². The number of azide groups is 1. The number of nitrogens with zero attached hydrogens (tertiary/aromatic N) is 3. The molecule has 0 saturated carbocycles. The van der Waals surface area contributed by atoms with Gasteiger partial charge in [0, 0.05) is 10.5 Å². The Bertz CT molecular complexity index is 1780. The number of esters is 1. The quantitative estimate of drug-likeness (QED) is 0.0553. The Kier molecular flexibility index (Phi) is 14.2. The van der Waals surface area contributed by atoms with Crippen LogP contribution >= 0.6 is 0 Å². The van der Waals surface area contributed by atoms with Crippen molar-refractivity contribution in [2.24, 2.45) is 11.0 Å². The predicted octanol–water partition coefficient (Wildman–Crippen LogP) is 6.98. The molecule has 308 valence electrons. The molecule has 3 aliphatic rings. The van der Waals surface area contributed by atoms with Crippen LogP contribution in [-0.4, -0.2) is 94.5 Å². The molecule has 0 spiro atoms. The van der Waals surface area contributed by atoms with Crippen LogP contribution in [0.5, 0.6) is 0 Å². The largest absolute Gasteiger partial charge is 0.467 e. The third-order valence-electron chi connectivity index (χ3n) is 11.8. The number of aliphatic hydroxyl groups excluding tert-OH is 1. The molecule has 6 rings (SSSR count). The average molecular weight is 806 g/mol. The lowest BCUT2D eigenvalue weighted by atomic mass is 9.94. The molecule has 1 N–H and O–H groups in total. The van der Waals surface area contributed by atoms with Gasteiger partial charge < -0.3 is 47.4 Å². The second kappa shape index (κ2) is 18.9. The summed E-state index contributed by atoms with van der Waals surface area (Å²) in [5, 5.41) is 16.0. The highest BCUT2D eigenvalue weighted by atomic mass is 28.4. The van der Waals surface area contributed by atoms with E-state index in [9.17, 15) is 15.4 Å². The van der Waals surface area contributed by atoms with Gasteiger partial charge in [-0.2, -0.15) is 0 Å². The summed E-state index contributed by atoms with van der Waals surface area (Å²) >= 11 is 0. The molecule has 0 radical (unpaired) electrons. The molecule has 11 atom stereocenters. The number of hydrogen-bond acceptors (Lipinski definition) is 12. The molecule has 0 aliphatic carbocycles. The summed E-state index contributed by atoms with van der Waals surface area (Å²) in [6, 6.07) is 27.3. The molecule has 3 fully saturated rings. The van der Waals surface area contributed by atoms with Gasteiger partial charge >= 0.3 is 5.97 Å². The van der Waals surface area contributed by atoms with Gasteiger partial charge in [-0.1, -0.05) is 124 Å². The standard InChI is InChI=1S/C42H55N3O11Si/c1-26(2)42(3,4)57(6,7)56-41-32(46)35(50-24-28-19-13-9-14-20-28)36(37(55-41)38(47)48-5)54-40-31(44-45-43)34(49-23-27-17-11-8-12-18-27)33-30(52-40)25-51-39(53-33)29-21-15-10-16-22-29/h8-22,26,30-37,39-41,46H,23-25H2,1-7H3/t30-,31-,32-,33-,34-,35-,36+,37-,39?,40-,41-/m1/s1. The molecule has 3 saturated heterocycles. The molecule has 15 heteroatoms. The molecule has 0 bridgehead atoms. The van der Waals surface area contributed by atoms with Crippen LogP contribution in [-0.2, 0) is 60.3 Å². The summed E-state index contributed by atoms with van der Waals surface area (Å²) in [4.78, 5) is 16.9. The Morgan fingerprint density at radius 1 is 0.877 bits per heavy atom. The second-order valence-electron chi connectivity index (χ2n) is 16.0. The molecule has 0 amide bonds. The highest BCUT2D eigenvalue weighted by Crippen LogP contribution is 2.46. The molecule has 0 aromatic heterocycles. The normalized spacial score (nSPS) is 30.6. The van der Waals surface area contributed by atoms with E-state index >= 15 is 0 Å². The number of aliphatic hydroxyl groups is 1. The van der Waals surface area contributed by atoms with Gasteiger partial charge in [-0.05, 0) is 40.7 Å². The van der Waals surface area contributed by atoms with Crippen molar-refractivity contribution in [1.29, 1.82) is 0 Å². The number of carbonyl (C=O) groups excluding carboxylic acids is 1. The second-order valence-corrected chi connectivity index (χ2v) is 20.5. The third kappa shape index (κ3) is 9.78. The van der Waals surface area contributed by atoms with Crippen LogP contribution in [0, 0.1) is 5.92 Å². The van der Waals surface area contributed by atoms with E-state index in [1.54, 1.807) is 0 Å². The van der Waals surface area contributed by atoms with Gasteiger partial charge in [0.15, 0.2) is 33.3 Å². The van der Waals surface area contributed by atoms with Crippen molar-refractivity contribution in [1.82, 2.24) is 0 Å². The van der Waals surface area contributed by atoms with Crippen molar-refractivity contribution in [3.05, 3.63) is 118 Å². The van der Waals surface area contributed by atoms with Crippen molar-refractivity contribution in [2.45, 2.75) is 127 Å². The van der Waals surface area contributed by atoms with E-state index in [4.69, 9.17) is 42.3 Å². The number of hydrogen-bond donors (Lipinski definition) is 1. The number of benzene rings is 3. The van der Waals surface area contributed by atoms with Crippen LogP contribution in [0.25, 0.3) is 10.4 Å². The topological polar surface area (TPSA) is 169 Å². The van der Waals surface area contributed by atoms with Gasteiger partial charge in [-0.25, -0.2) is 4.79 Å². The lowest BCUT2D eigenvalue weighted by molar-refractivity contribution is -0.369. The number of fused-ring (bicyclic) bond motifs is 1. The zero-order chi connectivity index (χ0) is 40.7. The van der Waals surface area contributed by atoms with E-state index < -0.39 is 81.9 Å². The fraction of sp³-hybridized carbons (Fsp3) is 0.548. The zero-order valence-corrected chi connectivity index (χ0v) is 34.6. The third-order valence-corrected chi connectivity index (χ3v) is 16.3. The Balaban J connectivity index is 1.35. The maximum Gasteiger partial charge on any atom is 0.337 e. The van der Waals surface area contributed by atoms with Crippen LogP contribution in [0.15, 0.2) is 96.1 Å². The lowest BCUT2D eigenvalue weighted by Gasteiger charge is -2.51. The van der Waals surface area contributed by atoms with Gasteiger partial charge in [-0.3, -0.25) is 0 Å². The first-order valence-electron chi connectivity index (χ1n) is 19.4. The van der Waals surface area contributed by atoms with Crippen molar-refractivity contribution in [3.63, 3.8) is 0 Å². The fourth-order valence-corrected chi connectivity index (χ4v) is 9.69. The van der Waals surface area contributed by atoms with Crippen LogP contribution in [0.3, 0.4) is 0 Å². The summed E-state index contributed by atoms with van der Waals surface area (Å²) in [5.41, 5.74) is 12.4. The monoisotopic (exact) mass is 805 g/mol. The number of ether oxygens (including phenoxy) is 8. The summed E-state index contributed by atoms with van der Waals surface area (Å²) in [5.74, 6) is -0.535. The van der Waals surface area contributed by atoms with Gasteiger partial charge in [0.2, 0.25) is 0 Å². The van der Waals surface area contributed by atoms with Gasteiger partial charge in [0.1, 0.15) is 42.7 Å². The molecule has 3 aromatic rings. The number of methoxy groups -OCH3 is 1. The van der Waals surface area contributed by atoms with Crippen LogP contribution in [0.2, 0.25) is 18.1 Å². The van der Waals surface area contributed by atoms with Crippen molar-refractivity contribution < 1.29 is 52.2 Å². The first kappa shape index (κ1) is 42.9. The van der Waals surface area contributed by atoms with Crippen LogP contribution in [0.1, 0.15) is 50.7 Å². The number of carbonyl (C=O) groups is 1. The van der Waals surface area contributed by atoms with E-state index in [1.807, 2.05) is 91.0 Å². The summed E-state index contributed by atoms with van der Waals surface area (Å²) in [6.07, 6.45) is -11.2. The minimum absolute atomic E-state index is 0.0582. The molecule has 3 aromatic carbocycles. The first-order chi connectivity index (χ1) is 27.3. The van der Waals surface area contributed by atoms with E-state index in [-0.39, 0.29) is 30.8 Å². The van der Waals surface area contributed by atoms with Gasteiger partial charge in [0.05, 0.1) is 26.9 Å². The summed E-state index contributed by atoms with van der Waals surface area (Å²) < 4.78 is 57.2. The highest BCUT2D eigenvalue weighted by molar-refractivity contribution is 6.74. The predicted molar refractivity (Wildman–Crippen MR) is 211 cm³/mol. The van der Waals surface area contributed by atoms with Crippen molar-refractivity contribution in [2.75, 3.05) is 13.7 Å². The molecular weight excluding hydrogens is 751 g/mol. The minimum Gasteiger partial charge on any atom is -0.467 e. The van der Waals surface area contributed by atoms with Crippen molar-refractivity contribution >= 4 is 14.3 Å². The van der Waals surface area contributed by atoms with E-state index in [1.165, 1.54) is 7.11 Å². The Labute approximate surface area is 335 Å². The Hall–Kier alpha value is -3.70. The van der Waals surface area contributed by atoms with E-state index in [0.29, 0.717) is 0 Å². The Morgan fingerprint density at radius 3 is 2.02 bits per heavy atom. The fourth-order valence-electron chi connectivity index (χ4n) is 7.22. The maximum atomic E-state index is 13.7. The van der Waals surface area contributed by atoms with E-state index in [0.717, 1.165) is 16.7 Å². The molecule has 3 aliphatic heterocycles. The summed E-state index contributed by atoms with van der Waals surface area (Å²) in [7, 11) is -1.42. The van der Waals surface area contributed by atoms with Crippen LogP contribution < -0.4 is 0 Å². The average Bonchev–Trinajstić information content (AvgIpc) is 3.21. The van der Waals surface area contributed by atoms with Gasteiger partial charge in [0.25, 0.3) is 0 Å². The molecule has 14 nitrogen and oxygen atoms in total. The zero-order valence-electron chi connectivity index (χ0n) is 33.6. The Morgan fingerprint density at radius 2 is 1.46 bits per heavy atom. The summed E-state index contributed by atoms with van der Waals surface area (Å²) in [6.45, 7) is 12.9. The van der Waals surface area contributed by atoms with E-state index in [2.05, 4.69) is 50.8 Å². The lowest BCUT2D eigenvalue weighted by Crippen LogP contribution is -2.67. The first-order valence-corrected chi connectivity index (χ1v) is 22.3. The maximum absolute atomic E-state index is 13.7. The minimum atomic E-state index is -2.65. The SMILES string of the molecule is COC(=O)[C@@H]1O[C@H](O[Si](C)(C)C(C)(C)C(C)C)[C@H](O)[C@@H](OCc2ccccc2)[C@@H]1O[C@H]1O[C@@H]2COC(c3ccccc3)O[C@H]2[C@H](OCc2ccccc2)[C@H]1N=[N+]=[N-]. The molecule has 57 heavy (non-hydrogen) atoms. The van der Waals surface area contributed by atoms with Crippen molar-refractivity contribution in [3.8, 4) is 0 Å².